The van der Waals surface area contributed by atoms with Gasteiger partial charge < -0.3 is 0 Å². The zero-order valence-corrected chi connectivity index (χ0v) is 32.6. The highest BCUT2D eigenvalue weighted by Crippen LogP contribution is 2.37. The van der Waals surface area contributed by atoms with Crippen molar-refractivity contribution < 1.29 is 0 Å². The molecule has 1 unspecified atom stereocenters. The average molecular weight is 633 g/mol. The van der Waals surface area contributed by atoms with E-state index >= 15 is 0 Å². The van der Waals surface area contributed by atoms with Crippen LogP contribution in [0.5, 0.6) is 0 Å². The Balaban J connectivity index is 2.29. The predicted molar refractivity (Wildman–Crippen MR) is 209 cm³/mol. The Morgan fingerprint density at radius 1 is 0.478 bits per heavy atom. The van der Waals surface area contributed by atoms with Gasteiger partial charge in [-0.25, -0.2) is 0 Å². The van der Waals surface area contributed by atoms with Crippen LogP contribution in [-0.4, -0.2) is 8.07 Å². The van der Waals surface area contributed by atoms with Gasteiger partial charge in [0.15, 0.2) is 8.07 Å². The first-order valence-corrected chi connectivity index (χ1v) is 20.6. The molecule has 1 heteroatoms. The second kappa shape index (κ2) is 15.1. The maximum atomic E-state index is 2.70. The molecule has 46 heavy (non-hydrogen) atoms. The lowest BCUT2D eigenvalue weighted by atomic mass is 9.95. The fourth-order valence-corrected chi connectivity index (χ4v) is 12.5. The standard InChI is InChI=1S/C45H64Si/c1-14-15-16-35-17-18-42(19-35)46(43-23-36(29(2)3)20-37(24-43)30(4)5,44-25-38(31(6)7)21-39(26-44)32(8)9)45-27-40(33(10)11)22-41(28-45)34(12)13/h17-34,42H,14-16H2,1-13H3. The maximum Gasteiger partial charge on any atom is 0.158 e. The van der Waals surface area contributed by atoms with Crippen molar-refractivity contribution in [3.8, 4) is 0 Å². The molecule has 0 heterocycles. The van der Waals surface area contributed by atoms with E-state index in [1.807, 2.05) is 0 Å². The molecule has 0 spiro atoms. The maximum absolute atomic E-state index is 2.70. The van der Waals surface area contributed by atoms with Crippen LogP contribution in [0.2, 0.25) is 5.54 Å². The summed E-state index contributed by atoms with van der Waals surface area (Å²) in [6.07, 6.45) is 11.5. The van der Waals surface area contributed by atoms with Crippen molar-refractivity contribution in [2.24, 2.45) is 0 Å². The molecule has 0 bridgehead atoms. The van der Waals surface area contributed by atoms with Crippen LogP contribution in [-0.2, 0) is 0 Å². The molecular formula is C45H64Si. The van der Waals surface area contributed by atoms with Crippen molar-refractivity contribution >= 4 is 23.6 Å². The van der Waals surface area contributed by atoms with E-state index in [0.717, 1.165) is 0 Å². The van der Waals surface area contributed by atoms with Gasteiger partial charge in [0, 0.05) is 5.54 Å². The van der Waals surface area contributed by atoms with E-state index in [0.29, 0.717) is 41.0 Å². The normalized spacial score (nSPS) is 15.5. The topological polar surface area (TPSA) is 0 Å². The molecule has 248 valence electrons. The summed E-state index contributed by atoms with van der Waals surface area (Å²) in [5.41, 5.74) is 10.7. The van der Waals surface area contributed by atoms with Crippen LogP contribution in [0, 0.1) is 0 Å². The largest absolute Gasteiger partial charge is 0.158 e. The molecule has 4 rings (SSSR count). The number of rotatable bonds is 13. The summed E-state index contributed by atoms with van der Waals surface area (Å²) < 4.78 is 0. The molecular weight excluding hydrogens is 569 g/mol. The SMILES string of the molecule is CCCCC1=CC([Si](c2cc(C(C)C)cc(C(C)C)c2)(c2cc(C(C)C)cc(C(C)C)c2)c2cc(C(C)C)cc(C(C)C)c2)C=C1. The van der Waals surface area contributed by atoms with Crippen LogP contribution in [0.25, 0.3) is 0 Å². The van der Waals surface area contributed by atoms with E-state index in [4.69, 9.17) is 0 Å². The van der Waals surface area contributed by atoms with E-state index < -0.39 is 8.07 Å². The molecule has 1 atom stereocenters. The number of hydrogen-bond donors (Lipinski definition) is 0. The van der Waals surface area contributed by atoms with Crippen molar-refractivity contribution in [1.29, 1.82) is 0 Å². The van der Waals surface area contributed by atoms with Crippen molar-refractivity contribution in [2.45, 2.75) is 150 Å². The fourth-order valence-electron chi connectivity index (χ4n) is 7.18. The van der Waals surface area contributed by atoms with Gasteiger partial charge in [0.25, 0.3) is 0 Å². The lowest BCUT2D eigenvalue weighted by Crippen LogP contribution is -2.69. The van der Waals surface area contributed by atoms with Gasteiger partial charge in [-0.3, -0.25) is 0 Å². The van der Waals surface area contributed by atoms with Crippen molar-refractivity contribution in [3.63, 3.8) is 0 Å². The summed E-state index contributed by atoms with van der Waals surface area (Å²) in [5.74, 6) is 2.84. The highest BCUT2D eigenvalue weighted by molar-refractivity contribution is 7.13. The fraction of sp³-hybridized carbons (Fsp3) is 0.511. The van der Waals surface area contributed by atoms with Crippen LogP contribution in [0.3, 0.4) is 0 Å². The molecule has 0 saturated carbocycles. The Labute approximate surface area is 284 Å². The minimum atomic E-state index is -2.70. The van der Waals surface area contributed by atoms with E-state index in [2.05, 4.69) is 163 Å². The molecule has 0 aromatic heterocycles. The van der Waals surface area contributed by atoms with Gasteiger partial charge in [-0.15, -0.1) is 0 Å². The third-order valence-electron chi connectivity index (χ3n) is 10.5. The first-order chi connectivity index (χ1) is 21.7. The molecule has 0 fully saturated rings. The summed E-state index contributed by atoms with van der Waals surface area (Å²) in [6.45, 7) is 30.8. The van der Waals surface area contributed by atoms with Crippen molar-refractivity contribution in [2.75, 3.05) is 0 Å². The Morgan fingerprint density at radius 2 is 0.783 bits per heavy atom. The number of unbranched alkanes of at least 4 members (excludes halogenated alkanes) is 1. The van der Waals surface area contributed by atoms with Crippen molar-refractivity contribution in [3.05, 3.63) is 112 Å². The molecule has 0 saturated heterocycles. The van der Waals surface area contributed by atoms with E-state index in [1.54, 1.807) is 15.6 Å². The molecule has 0 radical (unpaired) electrons. The molecule has 0 amide bonds. The van der Waals surface area contributed by atoms with Gasteiger partial charge in [0.05, 0.1) is 0 Å². The van der Waals surface area contributed by atoms with Gasteiger partial charge in [0.1, 0.15) is 0 Å². The lowest BCUT2D eigenvalue weighted by Gasteiger charge is -2.40. The van der Waals surface area contributed by atoms with Crippen LogP contribution in [0.4, 0.5) is 0 Å². The number of benzene rings is 3. The summed E-state index contributed by atoms with van der Waals surface area (Å²) in [5, 5.41) is 4.74. The summed E-state index contributed by atoms with van der Waals surface area (Å²) >= 11 is 0. The zero-order chi connectivity index (χ0) is 33.9. The molecule has 0 N–H and O–H groups in total. The zero-order valence-electron chi connectivity index (χ0n) is 31.6. The molecule has 0 aliphatic heterocycles. The average Bonchev–Trinajstić information content (AvgIpc) is 3.48. The molecule has 1 aliphatic rings. The quantitative estimate of drug-likeness (QED) is 0.130. The minimum absolute atomic E-state index is 0.353. The Hall–Kier alpha value is -2.64. The summed E-state index contributed by atoms with van der Waals surface area (Å²) in [6, 6.07) is 23.3. The monoisotopic (exact) mass is 632 g/mol. The smallest absolute Gasteiger partial charge is 0.0790 e. The molecule has 3 aromatic rings. The second-order valence-electron chi connectivity index (χ2n) is 16.1. The molecule has 3 aromatic carbocycles. The Kier molecular flexibility index (Phi) is 11.9. The van der Waals surface area contributed by atoms with Gasteiger partial charge in [0.2, 0.25) is 0 Å². The minimum Gasteiger partial charge on any atom is -0.0790 e. The first-order valence-electron chi connectivity index (χ1n) is 18.5. The van der Waals surface area contributed by atoms with Gasteiger partial charge in [-0.1, -0.05) is 175 Å². The Morgan fingerprint density at radius 3 is 1.04 bits per heavy atom. The number of allylic oxidation sites excluding steroid dienone is 4. The Bertz CT molecular complexity index is 1310. The molecule has 1 aliphatic carbocycles. The van der Waals surface area contributed by atoms with Crippen LogP contribution < -0.4 is 15.6 Å². The van der Waals surface area contributed by atoms with Crippen LogP contribution in [0.15, 0.2) is 78.4 Å². The van der Waals surface area contributed by atoms with E-state index in [1.165, 1.54) is 58.2 Å². The lowest BCUT2D eigenvalue weighted by molar-refractivity contribution is 0.798. The summed E-state index contributed by atoms with van der Waals surface area (Å²) in [4.78, 5) is 0. The highest BCUT2D eigenvalue weighted by atomic mass is 28.3. The van der Waals surface area contributed by atoms with Crippen LogP contribution >= 0.6 is 0 Å². The van der Waals surface area contributed by atoms with Crippen molar-refractivity contribution in [1.82, 2.24) is 0 Å². The predicted octanol–water partition coefficient (Wildman–Crippen LogP) is 12.0. The van der Waals surface area contributed by atoms with Gasteiger partial charge in [-0.05, 0) is 97.3 Å². The van der Waals surface area contributed by atoms with Crippen LogP contribution in [0.1, 0.15) is 178 Å². The number of hydrogen-bond acceptors (Lipinski definition) is 0. The summed E-state index contributed by atoms with van der Waals surface area (Å²) in [7, 11) is -2.70. The van der Waals surface area contributed by atoms with Gasteiger partial charge in [-0.2, -0.15) is 0 Å². The first kappa shape index (κ1) is 36.2. The van der Waals surface area contributed by atoms with E-state index in [9.17, 15) is 0 Å². The second-order valence-corrected chi connectivity index (χ2v) is 20.1. The van der Waals surface area contributed by atoms with E-state index in [-0.39, 0.29) is 0 Å². The van der Waals surface area contributed by atoms with Gasteiger partial charge >= 0.3 is 0 Å². The molecule has 0 nitrogen and oxygen atoms in total. The third-order valence-corrected chi connectivity index (χ3v) is 15.5. The highest BCUT2D eigenvalue weighted by Gasteiger charge is 2.47. The third kappa shape index (κ3) is 7.57.